The van der Waals surface area contributed by atoms with Crippen LogP contribution in [-0.2, 0) is 9.59 Å². The van der Waals surface area contributed by atoms with Crippen LogP contribution < -0.4 is 10.4 Å². The van der Waals surface area contributed by atoms with Gasteiger partial charge in [0.1, 0.15) is 0 Å². The largest absolute Gasteiger partial charge is 0.373 e. The Hall–Kier alpha value is -0.966. The summed E-state index contributed by atoms with van der Waals surface area (Å²) in [5, 5.41) is 3.34. The predicted octanol–water partition coefficient (Wildman–Crippen LogP) is 7.97. The molecule has 0 aliphatic carbocycles. The molecule has 0 aromatic heterocycles. The monoisotopic (exact) mass is 490 g/mol. The topological polar surface area (TPSA) is 34.1 Å². The molecule has 1 aromatic carbocycles. The Kier molecular flexibility index (Phi) is 19.8. The summed E-state index contributed by atoms with van der Waals surface area (Å²) in [4.78, 5) is 16.2. The van der Waals surface area contributed by atoms with E-state index in [0.29, 0.717) is 0 Å². The van der Waals surface area contributed by atoms with Gasteiger partial charge in [-0.2, -0.15) is 9.59 Å². The molecule has 2 nitrogen and oxygen atoms in total. The molecule has 0 fully saturated rings. The lowest BCUT2D eigenvalue weighted by Gasteiger charge is -2.34. The summed E-state index contributed by atoms with van der Waals surface area (Å²) in [5.74, 6) is 0. The van der Waals surface area contributed by atoms with Crippen LogP contribution in [0, 0.1) is 0 Å². The van der Waals surface area contributed by atoms with Gasteiger partial charge in [-0.3, -0.25) is 0 Å². The van der Waals surface area contributed by atoms with Gasteiger partial charge in [0.25, 0.3) is 0 Å². The summed E-state index contributed by atoms with van der Waals surface area (Å²) in [7, 11) is -2.09. The predicted molar refractivity (Wildman–Crippen MR) is 151 cm³/mol. The second-order valence-electron chi connectivity index (χ2n) is 10.7. The average molecular weight is 491 g/mol. The lowest BCUT2D eigenvalue weighted by atomic mass is 10.0. The van der Waals surface area contributed by atoms with Crippen LogP contribution in [0.3, 0.4) is 0 Å². The van der Waals surface area contributed by atoms with E-state index in [0.717, 1.165) is 5.54 Å². The molecule has 0 saturated carbocycles. The van der Waals surface area contributed by atoms with E-state index in [1.807, 2.05) is 0 Å². The quantitative estimate of drug-likeness (QED) is 0.154. The molecule has 0 aliphatic rings. The van der Waals surface area contributed by atoms with Crippen LogP contribution >= 0.6 is 0 Å². The van der Waals surface area contributed by atoms with Crippen LogP contribution in [0.4, 0.5) is 0 Å². The van der Waals surface area contributed by atoms with Gasteiger partial charge in [0, 0.05) is 0 Å². The number of rotatable bonds is 18. The van der Waals surface area contributed by atoms with Crippen molar-refractivity contribution in [3.8, 4) is 0 Å². The van der Waals surface area contributed by atoms with Crippen molar-refractivity contribution in [2.45, 2.75) is 142 Å². The first-order valence-corrected chi connectivity index (χ1v) is 19.9. The zero-order chi connectivity index (χ0) is 25.0. The minimum absolute atomic E-state index is 0.250. The molecule has 4 heteroatoms. The second-order valence-corrected chi connectivity index (χ2v) is 18.6. The third kappa shape index (κ3) is 14.8. The molecule has 33 heavy (non-hydrogen) atoms. The molecule has 1 unspecified atom stereocenters. The van der Waals surface area contributed by atoms with Gasteiger partial charge in [-0.05, 0) is 5.54 Å². The maximum atomic E-state index is 8.12. The van der Waals surface area contributed by atoms with Gasteiger partial charge in [-0.1, -0.05) is 171 Å². The Morgan fingerprint density at radius 3 is 1.42 bits per heavy atom. The Balaban J connectivity index is 0.00000322. The van der Waals surface area contributed by atoms with Crippen LogP contribution in [0.25, 0.3) is 0 Å². The zero-order valence-electron chi connectivity index (χ0n) is 22.9. The smallest absolute Gasteiger partial charge is 0.186 e. The second kappa shape index (κ2) is 20.4. The molecule has 0 saturated heterocycles. The van der Waals surface area contributed by atoms with Crippen LogP contribution in [0.5, 0.6) is 0 Å². The number of hydrogen-bond donors (Lipinski definition) is 0. The summed E-state index contributed by atoms with van der Waals surface area (Å²) in [6, 6.07) is 9.98. The molecule has 190 valence electrons. The van der Waals surface area contributed by atoms with Crippen LogP contribution in [0.1, 0.15) is 110 Å². The van der Waals surface area contributed by atoms with Gasteiger partial charge >= 0.3 is 6.15 Å². The van der Waals surface area contributed by atoms with Crippen molar-refractivity contribution in [3.63, 3.8) is 0 Å². The molecule has 1 aromatic rings. The molecular weight excluding hydrogens is 436 g/mol. The van der Waals surface area contributed by atoms with E-state index in [1.165, 1.54) is 96.3 Å². The van der Waals surface area contributed by atoms with Gasteiger partial charge in [-0.15, -0.1) is 0 Å². The standard InChI is InChI=1S/C28H54Si2.CO2/c1-7-9-11-13-15-17-19-21-27(20-18-16-14-12-10-8-2)30(5,6)28-24-22-26(23-25-28)29(3)4;2-1-3/h22-25,27,29H,7-21H2,1-6H3;. The van der Waals surface area contributed by atoms with E-state index >= 15 is 0 Å². The zero-order valence-corrected chi connectivity index (χ0v) is 25.0. The van der Waals surface area contributed by atoms with E-state index in [4.69, 9.17) is 9.59 Å². The van der Waals surface area contributed by atoms with E-state index in [1.54, 1.807) is 10.4 Å². The number of benzene rings is 1. The van der Waals surface area contributed by atoms with Crippen molar-refractivity contribution in [2.75, 3.05) is 0 Å². The minimum Gasteiger partial charge on any atom is -0.186 e. The summed E-state index contributed by atoms with van der Waals surface area (Å²) >= 11 is 0. The fourth-order valence-electron chi connectivity index (χ4n) is 4.92. The lowest BCUT2D eigenvalue weighted by Crippen LogP contribution is -2.46. The number of carbonyl (C=O) groups excluding carboxylic acids is 2. The summed E-state index contributed by atoms with van der Waals surface area (Å²) in [5.41, 5.74) is 0.960. The van der Waals surface area contributed by atoms with Crippen LogP contribution in [0.15, 0.2) is 24.3 Å². The first-order valence-electron chi connectivity index (χ1n) is 13.9. The average Bonchev–Trinajstić information content (AvgIpc) is 2.79. The van der Waals surface area contributed by atoms with Gasteiger partial charge in [0.2, 0.25) is 0 Å². The summed E-state index contributed by atoms with van der Waals surface area (Å²) in [6.45, 7) is 14.9. The molecule has 1 rings (SSSR count). The molecule has 0 radical (unpaired) electrons. The summed E-state index contributed by atoms with van der Waals surface area (Å²) < 4.78 is 0. The molecule has 0 spiro atoms. The van der Waals surface area contributed by atoms with Gasteiger partial charge < -0.3 is 0 Å². The van der Waals surface area contributed by atoms with Crippen molar-refractivity contribution >= 4 is 33.4 Å². The first kappa shape index (κ1) is 32.0. The van der Waals surface area contributed by atoms with Crippen molar-refractivity contribution in [3.05, 3.63) is 24.3 Å². The highest BCUT2D eigenvalue weighted by Crippen LogP contribution is 2.33. The highest BCUT2D eigenvalue weighted by molar-refractivity contribution is 6.91. The van der Waals surface area contributed by atoms with Crippen molar-refractivity contribution in [2.24, 2.45) is 0 Å². The maximum Gasteiger partial charge on any atom is 0.373 e. The molecule has 0 N–H and O–H groups in total. The Morgan fingerprint density at radius 2 is 1.06 bits per heavy atom. The van der Waals surface area contributed by atoms with E-state index < -0.39 is 16.9 Å². The maximum absolute atomic E-state index is 8.12. The van der Waals surface area contributed by atoms with Gasteiger partial charge in [-0.25, -0.2) is 0 Å². The van der Waals surface area contributed by atoms with Crippen LogP contribution in [0.2, 0.25) is 31.7 Å². The van der Waals surface area contributed by atoms with E-state index in [2.05, 4.69) is 64.3 Å². The van der Waals surface area contributed by atoms with E-state index in [-0.39, 0.29) is 6.15 Å². The number of hydrogen-bond acceptors (Lipinski definition) is 2. The van der Waals surface area contributed by atoms with Gasteiger partial charge in [0.05, 0.1) is 16.9 Å². The molecule has 0 amide bonds. The first-order chi connectivity index (χ1) is 15.8. The highest BCUT2D eigenvalue weighted by Gasteiger charge is 2.32. The van der Waals surface area contributed by atoms with Crippen LogP contribution in [-0.4, -0.2) is 23.0 Å². The number of unbranched alkanes of at least 4 members (excludes halogenated alkanes) is 11. The molecular formula is C29H54O2Si2. The fourth-order valence-corrected chi connectivity index (χ4v) is 9.23. The van der Waals surface area contributed by atoms with Crippen molar-refractivity contribution < 1.29 is 9.59 Å². The SMILES string of the molecule is CCCCCCCCCC(CCCCCCCC)[Si](C)(C)c1ccc([SiH](C)C)cc1.O=C=O. The normalized spacial score (nSPS) is 12.2. The van der Waals surface area contributed by atoms with Crippen molar-refractivity contribution in [1.82, 2.24) is 0 Å². The molecule has 0 aliphatic heterocycles. The molecule has 0 heterocycles. The highest BCUT2D eigenvalue weighted by atomic mass is 28.3. The Labute approximate surface area is 209 Å². The lowest BCUT2D eigenvalue weighted by molar-refractivity contribution is -0.191. The Morgan fingerprint density at radius 1 is 0.697 bits per heavy atom. The Bertz CT molecular complexity index is 605. The fraction of sp³-hybridized carbons (Fsp3) is 0.759. The van der Waals surface area contributed by atoms with Gasteiger partial charge in [0.15, 0.2) is 0 Å². The third-order valence-corrected chi connectivity index (χ3v) is 13.6. The third-order valence-electron chi connectivity index (χ3n) is 7.40. The minimum atomic E-state index is -1.41. The molecule has 1 atom stereocenters. The summed E-state index contributed by atoms with van der Waals surface area (Å²) in [6.07, 6.45) is 21.9. The van der Waals surface area contributed by atoms with Crippen molar-refractivity contribution in [1.29, 1.82) is 0 Å². The molecule has 0 bridgehead atoms. The van der Waals surface area contributed by atoms with E-state index in [9.17, 15) is 0 Å².